The van der Waals surface area contributed by atoms with E-state index in [1.807, 2.05) is 0 Å². The summed E-state index contributed by atoms with van der Waals surface area (Å²) in [4.78, 5) is 11.6. The van der Waals surface area contributed by atoms with Gasteiger partial charge >= 0.3 is 5.97 Å². The Bertz CT molecular complexity index is 440. The Morgan fingerprint density at radius 1 is 1.50 bits per heavy atom. The Balaban J connectivity index is 0.00000289. The van der Waals surface area contributed by atoms with Gasteiger partial charge in [0.25, 0.3) is 0 Å². The molecule has 1 rings (SSSR count). The normalized spacial score (nSPS) is 12.6. The first-order valence-corrected chi connectivity index (χ1v) is 5.89. The van der Waals surface area contributed by atoms with E-state index in [1.54, 1.807) is 19.9 Å². The Labute approximate surface area is 120 Å². The molecule has 0 aromatic heterocycles. The van der Waals surface area contributed by atoms with Crippen LogP contribution >= 0.6 is 28.3 Å². The monoisotopic (exact) mass is 339 g/mol. The molecule has 0 saturated heterocycles. The van der Waals surface area contributed by atoms with Crippen molar-refractivity contribution in [3.63, 3.8) is 0 Å². The molecule has 1 aromatic rings. The topological polar surface area (TPSA) is 52.3 Å². The van der Waals surface area contributed by atoms with Crippen molar-refractivity contribution in [2.75, 3.05) is 7.11 Å². The fourth-order valence-electron chi connectivity index (χ4n) is 1.53. The summed E-state index contributed by atoms with van der Waals surface area (Å²) in [7, 11) is 1.32. The number of benzene rings is 1. The maximum atomic E-state index is 13.0. The van der Waals surface area contributed by atoms with Gasteiger partial charge in [-0.1, -0.05) is 22.0 Å². The fourth-order valence-corrected chi connectivity index (χ4v) is 2.13. The van der Waals surface area contributed by atoms with E-state index in [9.17, 15) is 9.18 Å². The van der Waals surface area contributed by atoms with Gasteiger partial charge in [-0.3, -0.25) is 4.79 Å². The average molecular weight is 341 g/mol. The number of esters is 1. The van der Waals surface area contributed by atoms with Crippen molar-refractivity contribution in [1.82, 2.24) is 0 Å². The first-order valence-electron chi connectivity index (χ1n) is 5.09. The minimum absolute atomic E-state index is 0. The van der Waals surface area contributed by atoms with Crippen LogP contribution in [0, 0.1) is 11.2 Å². The molecule has 102 valence electrons. The number of hydrogen-bond donors (Lipinski definition) is 1. The lowest BCUT2D eigenvalue weighted by Crippen LogP contribution is -2.37. The van der Waals surface area contributed by atoms with Crippen molar-refractivity contribution in [1.29, 1.82) is 0 Å². The Morgan fingerprint density at radius 2 is 2.06 bits per heavy atom. The maximum absolute atomic E-state index is 13.0. The molecule has 0 bridgehead atoms. The molecular formula is C12H16BrClFNO2. The highest BCUT2D eigenvalue weighted by molar-refractivity contribution is 9.10. The predicted molar refractivity (Wildman–Crippen MR) is 74.1 cm³/mol. The van der Waals surface area contributed by atoms with Gasteiger partial charge in [0, 0.05) is 10.5 Å². The second-order valence-electron chi connectivity index (χ2n) is 4.36. The van der Waals surface area contributed by atoms with E-state index in [0.717, 1.165) is 0 Å². The van der Waals surface area contributed by atoms with Gasteiger partial charge in [0.05, 0.1) is 12.5 Å². The summed E-state index contributed by atoms with van der Waals surface area (Å²) >= 11 is 3.24. The summed E-state index contributed by atoms with van der Waals surface area (Å²) in [6, 6.07) is 3.62. The number of carbonyl (C=O) groups is 1. The Morgan fingerprint density at radius 3 is 2.50 bits per heavy atom. The molecule has 1 atom stereocenters. The molecule has 18 heavy (non-hydrogen) atoms. The van der Waals surface area contributed by atoms with Gasteiger partial charge in [0.2, 0.25) is 0 Å². The molecule has 0 amide bonds. The number of carbonyl (C=O) groups excluding carboxylic acids is 1. The van der Waals surface area contributed by atoms with Crippen LogP contribution in [0.3, 0.4) is 0 Å². The van der Waals surface area contributed by atoms with Gasteiger partial charge < -0.3 is 10.5 Å². The van der Waals surface area contributed by atoms with Gasteiger partial charge in [0.15, 0.2) is 0 Å². The van der Waals surface area contributed by atoms with Crippen molar-refractivity contribution in [3.05, 3.63) is 34.1 Å². The van der Waals surface area contributed by atoms with Crippen LogP contribution in [-0.4, -0.2) is 13.1 Å². The summed E-state index contributed by atoms with van der Waals surface area (Å²) in [6.45, 7) is 3.39. The lowest BCUT2D eigenvalue weighted by Gasteiger charge is -2.29. The molecule has 0 unspecified atom stereocenters. The summed E-state index contributed by atoms with van der Waals surface area (Å²) in [5.41, 5.74) is 5.84. The lowest BCUT2D eigenvalue weighted by molar-refractivity contribution is -0.152. The maximum Gasteiger partial charge on any atom is 0.313 e. The average Bonchev–Trinajstić information content (AvgIpc) is 2.27. The first kappa shape index (κ1) is 17.4. The van der Waals surface area contributed by atoms with Crippen LogP contribution in [0.15, 0.2) is 22.7 Å². The van der Waals surface area contributed by atoms with Gasteiger partial charge in [-0.15, -0.1) is 12.4 Å². The summed E-state index contributed by atoms with van der Waals surface area (Å²) in [6.07, 6.45) is 0. The molecule has 0 saturated carbocycles. The smallest absolute Gasteiger partial charge is 0.313 e. The van der Waals surface area contributed by atoms with E-state index in [4.69, 9.17) is 10.5 Å². The molecule has 3 nitrogen and oxygen atoms in total. The molecule has 0 heterocycles. The first-order chi connectivity index (χ1) is 7.80. The largest absolute Gasteiger partial charge is 0.469 e. The molecule has 1 aromatic carbocycles. The quantitative estimate of drug-likeness (QED) is 0.860. The Hall–Kier alpha value is -0.650. The van der Waals surface area contributed by atoms with E-state index >= 15 is 0 Å². The fraction of sp³-hybridized carbons (Fsp3) is 0.417. The Kier molecular flexibility index (Phi) is 6.26. The molecule has 0 fully saturated rings. The summed E-state index contributed by atoms with van der Waals surface area (Å²) in [5.74, 6) is -0.759. The third kappa shape index (κ3) is 3.43. The van der Waals surface area contributed by atoms with Crippen LogP contribution in [0.25, 0.3) is 0 Å². The summed E-state index contributed by atoms with van der Waals surface area (Å²) < 4.78 is 18.2. The van der Waals surface area contributed by atoms with Gasteiger partial charge in [-0.2, -0.15) is 0 Å². The minimum Gasteiger partial charge on any atom is -0.469 e. The zero-order valence-corrected chi connectivity index (χ0v) is 12.8. The molecule has 0 spiro atoms. The van der Waals surface area contributed by atoms with Crippen LogP contribution in [0.5, 0.6) is 0 Å². The van der Waals surface area contributed by atoms with Crippen LogP contribution in [0.2, 0.25) is 0 Å². The summed E-state index contributed by atoms with van der Waals surface area (Å²) in [5, 5.41) is 0. The van der Waals surface area contributed by atoms with E-state index < -0.39 is 17.4 Å². The number of ether oxygens (including phenoxy) is 1. The third-order valence-corrected chi connectivity index (χ3v) is 3.47. The van der Waals surface area contributed by atoms with Crippen LogP contribution < -0.4 is 5.73 Å². The predicted octanol–water partition coefficient (Wildman–Crippen LogP) is 3.21. The van der Waals surface area contributed by atoms with Gasteiger partial charge in [-0.05, 0) is 31.5 Å². The number of halogens is 3. The molecular weight excluding hydrogens is 324 g/mol. The minimum atomic E-state index is -0.880. The van der Waals surface area contributed by atoms with E-state index in [0.29, 0.717) is 10.0 Å². The second-order valence-corrected chi connectivity index (χ2v) is 5.21. The van der Waals surface area contributed by atoms with Gasteiger partial charge in [0.1, 0.15) is 5.82 Å². The van der Waals surface area contributed by atoms with Crippen LogP contribution in [0.4, 0.5) is 4.39 Å². The molecule has 0 aliphatic heterocycles. The molecule has 2 N–H and O–H groups in total. The molecule has 0 aliphatic rings. The van der Waals surface area contributed by atoms with E-state index in [-0.39, 0.29) is 18.2 Å². The van der Waals surface area contributed by atoms with Gasteiger partial charge in [-0.25, -0.2) is 4.39 Å². The van der Waals surface area contributed by atoms with Crippen molar-refractivity contribution in [2.24, 2.45) is 11.1 Å². The van der Waals surface area contributed by atoms with Crippen LogP contribution in [0.1, 0.15) is 25.5 Å². The van der Waals surface area contributed by atoms with Crippen molar-refractivity contribution in [3.8, 4) is 0 Å². The number of hydrogen-bond acceptors (Lipinski definition) is 3. The number of nitrogens with two attached hydrogens (primary N) is 1. The molecule has 0 radical (unpaired) electrons. The lowest BCUT2D eigenvalue weighted by atomic mass is 9.81. The van der Waals surface area contributed by atoms with Crippen molar-refractivity contribution >= 4 is 34.3 Å². The van der Waals surface area contributed by atoms with E-state index in [1.165, 1.54) is 19.2 Å². The number of rotatable bonds is 3. The number of methoxy groups -OCH3 is 1. The second kappa shape index (κ2) is 6.50. The standard InChI is InChI=1S/C12H15BrFNO2.ClH/c1-12(2,11(16)17-3)10(15)8-5-4-7(14)6-9(8)13;/h4-6,10H,15H2,1-3H3;1H/t10-;/m0./s1. The highest BCUT2D eigenvalue weighted by Gasteiger charge is 2.37. The molecule has 0 aliphatic carbocycles. The van der Waals surface area contributed by atoms with Crippen molar-refractivity contribution < 1.29 is 13.9 Å². The zero-order valence-electron chi connectivity index (χ0n) is 10.4. The molecule has 6 heteroatoms. The van der Waals surface area contributed by atoms with Crippen molar-refractivity contribution in [2.45, 2.75) is 19.9 Å². The van der Waals surface area contributed by atoms with Crippen LogP contribution in [-0.2, 0) is 9.53 Å². The van der Waals surface area contributed by atoms with E-state index in [2.05, 4.69) is 15.9 Å². The SMILES string of the molecule is COC(=O)C(C)(C)[C@@H](N)c1ccc(F)cc1Br.Cl. The highest BCUT2D eigenvalue weighted by Crippen LogP contribution is 2.36. The third-order valence-electron chi connectivity index (χ3n) is 2.79. The highest BCUT2D eigenvalue weighted by atomic mass is 79.9. The zero-order chi connectivity index (χ0) is 13.2.